The van der Waals surface area contributed by atoms with E-state index < -0.39 is 0 Å². The van der Waals surface area contributed by atoms with Crippen LogP contribution in [0.1, 0.15) is 16.0 Å². The van der Waals surface area contributed by atoms with Crippen molar-refractivity contribution in [2.75, 3.05) is 13.6 Å². The molecule has 2 aromatic carbocycles. The molecule has 1 N–H and O–H groups in total. The first-order valence-corrected chi connectivity index (χ1v) is 12.6. The largest absolute Gasteiger partial charge is 0.333 e. The molecule has 4 nitrogen and oxygen atoms in total. The normalized spacial score (nSPS) is 15.9. The van der Waals surface area contributed by atoms with Gasteiger partial charge >= 0.3 is 0 Å². The Morgan fingerprint density at radius 3 is 2.84 bits per heavy atom. The van der Waals surface area contributed by atoms with Crippen LogP contribution in [0.15, 0.2) is 58.5 Å². The van der Waals surface area contributed by atoms with Crippen molar-refractivity contribution >= 4 is 56.5 Å². The van der Waals surface area contributed by atoms with Crippen LogP contribution >= 0.6 is 46.3 Å². The molecule has 0 radical (unpaired) electrons. The highest BCUT2D eigenvalue weighted by molar-refractivity contribution is 7.98. The number of quaternary nitrogens is 1. The van der Waals surface area contributed by atoms with Crippen molar-refractivity contribution in [1.29, 1.82) is 0 Å². The number of fused-ring (bicyclic) bond motifs is 3. The molecule has 0 saturated carbocycles. The molecule has 3 heterocycles. The van der Waals surface area contributed by atoms with E-state index in [0.29, 0.717) is 21.0 Å². The Balaban J connectivity index is 1.68. The Morgan fingerprint density at radius 2 is 2.03 bits per heavy atom. The first-order chi connectivity index (χ1) is 15.0. The van der Waals surface area contributed by atoms with E-state index in [-0.39, 0.29) is 5.56 Å². The summed E-state index contributed by atoms with van der Waals surface area (Å²) < 4.78 is 1.70. The lowest BCUT2D eigenvalue weighted by Crippen LogP contribution is -3.08. The molecule has 0 fully saturated rings. The summed E-state index contributed by atoms with van der Waals surface area (Å²) in [5, 5.41) is 2.71. The predicted molar refractivity (Wildman–Crippen MR) is 130 cm³/mol. The molecule has 8 heteroatoms. The van der Waals surface area contributed by atoms with Gasteiger partial charge in [-0.25, -0.2) is 4.98 Å². The Bertz CT molecular complexity index is 1350. The number of likely N-dealkylation sites (N-methyl/N-ethyl adjacent to an activating group) is 1. The highest BCUT2D eigenvalue weighted by Gasteiger charge is 2.26. The first-order valence-electron chi connectivity index (χ1n) is 10.0. The van der Waals surface area contributed by atoms with Crippen molar-refractivity contribution in [3.63, 3.8) is 0 Å². The van der Waals surface area contributed by atoms with E-state index in [1.165, 1.54) is 27.1 Å². The van der Waals surface area contributed by atoms with Crippen molar-refractivity contribution in [2.45, 2.75) is 23.9 Å². The van der Waals surface area contributed by atoms with E-state index in [1.807, 2.05) is 48.5 Å². The molecule has 0 amide bonds. The van der Waals surface area contributed by atoms with Crippen molar-refractivity contribution in [3.05, 3.63) is 84.9 Å². The predicted octanol–water partition coefficient (Wildman–Crippen LogP) is 4.62. The lowest BCUT2D eigenvalue weighted by atomic mass is 10.1. The third-order valence-corrected chi connectivity index (χ3v) is 8.24. The average molecular weight is 489 g/mol. The van der Waals surface area contributed by atoms with E-state index in [0.717, 1.165) is 41.0 Å². The summed E-state index contributed by atoms with van der Waals surface area (Å²) in [6.45, 7) is 1.97. The molecule has 158 valence electrons. The lowest BCUT2D eigenvalue weighted by molar-refractivity contribution is -0.895. The number of hydrogen-bond donors (Lipinski definition) is 1. The summed E-state index contributed by atoms with van der Waals surface area (Å²) >= 11 is 15.8. The maximum atomic E-state index is 13.8. The van der Waals surface area contributed by atoms with Gasteiger partial charge in [-0.1, -0.05) is 59.2 Å². The van der Waals surface area contributed by atoms with Gasteiger partial charge in [-0.05, 0) is 35.4 Å². The number of thiophene rings is 1. The molecular formula is C23H20Cl2N3OS2+. The van der Waals surface area contributed by atoms with Crippen molar-refractivity contribution in [3.8, 4) is 5.69 Å². The van der Waals surface area contributed by atoms with E-state index in [4.69, 9.17) is 28.2 Å². The smallest absolute Gasteiger partial charge is 0.267 e. The minimum absolute atomic E-state index is 0.0222. The van der Waals surface area contributed by atoms with Crippen LogP contribution in [0.4, 0.5) is 0 Å². The van der Waals surface area contributed by atoms with Crippen LogP contribution in [0.25, 0.3) is 15.9 Å². The van der Waals surface area contributed by atoms with Crippen LogP contribution in [-0.2, 0) is 18.7 Å². The number of hydrogen-bond acceptors (Lipinski definition) is 4. The molecule has 5 rings (SSSR count). The van der Waals surface area contributed by atoms with Gasteiger partial charge in [-0.2, -0.15) is 0 Å². The van der Waals surface area contributed by atoms with Gasteiger partial charge in [-0.15, -0.1) is 11.3 Å². The van der Waals surface area contributed by atoms with Gasteiger partial charge < -0.3 is 4.90 Å². The summed E-state index contributed by atoms with van der Waals surface area (Å²) in [5.41, 5.74) is 2.89. The molecule has 0 bridgehead atoms. The van der Waals surface area contributed by atoms with Crippen LogP contribution in [-0.4, -0.2) is 23.1 Å². The maximum absolute atomic E-state index is 13.8. The summed E-state index contributed by atoms with van der Waals surface area (Å²) in [4.78, 5) is 22.3. The van der Waals surface area contributed by atoms with E-state index in [1.54, 1.807) is 15.9 Å². The second kappa shape index (κ2) is 8.60. The molecule has 4 aromatic rings. The standard InChI is InChI=1S/C23H19Cl2N3OS2/c1-27-10-9-17-19(12-27)31-21-20(17)22(29)28(16-7-4-6-15(24)11-16)23(26-21)30-13-14-5-2-3-8-18(14)25/h2-8,11H,9-10,12-13H2,1H3/p+1. The van der Waals surface area contributed by atoms with Crippen molar-refractivity contribution in [1.82, 2.24) is 9.55 Å². The molecule has 1 unspecified atom stereocenters. The van der Waals surface area contributed by atoms with E-state index in [9.17, 15) is 4.79 Å². The number of nitrogens with zero attached hydrogens (tertiary/aromatic N) is 2. The number of thioether (sulfide) groups is 1. The van der Waals surface area contributed by atoms with Gasteiger partial charge in [0.1, 0.15) is 11.4 Å². The van der Waals surface area contributed by atoms with Gasteiger partial charge in [0, 0.05) is 22.2 Å². The van der Waals surface area contributed by atoms with Crippen LogP contribution in [0.2, 0.25) is 10.0 Å². The Morgan fingerprint density at radius 1 is 1.19 bits per heavy atom. The van der Waals surface area contributed by atoms with Gasteiger partial charge in [0.25, 0.3) is 5.56 Å². The topological polar surface area (TPSA) is 39.3 Å². The zero-order valence-electron chi connectivity index (χ0n) is 16.8. The van der Waals surface area contributed by atoms with E-state index in [2.05, 4.69) is 7.05 Å². The maximum Gasteiger partial charge on any atom is 0.267 e. The highest BCUT2D eigenvalue weighted by Crippen LogP contribution is 2.33. The Hall–Kier alpha value is -1.83. The molecule has 0 spiro atoms. The molecular weight excluding hydrogens is 469 g/mol. The Kier molecular flexibility index (Phi) is 5.84. The van der Waals surface area contributed by atoms with Crippen LogP contribution in [0.5, 0.6) is 0 Å². The second-order valence-corrected chi connectivity index (χ2v) is 10.6. The number of rotatable bonds is 4. The number of halogens is 2. The highest BCUT2D eigenvalue weighted by atomic mass is 35.5. The quantitative estimate of drug-likeness (QED) is 0.336. The number of benzene rings is 2. The summed E-state index contributed by atoms with van der Waals surface area (Å²) in [7, 11) is 2.19. The molecule has 2 aromatic heterocycles. The monoisotopic (exact) mass is 488 g/mol. The van der Waals surface area contributed by atoms with E-state index >= 15 is 0 Å². The fourth-order valence-corrected chi connectivity index (χ4v) is 6.80. The Labute approximate surface area is 198 Å². The van der Waals surface area contributed by atoms with Gasteiger partial charge in [-0.3, -0.25) is 9.36 Å². The first kappa shape index (κ1) is 21.0. The van der Waals surface area contributed by atoms with Crippen molar-refractivity contribution in [2.24, 2.45) is 0 Å². The summed E-state index contributed by atoms with van der Waals surface area (Å²) in [6, 6.07) is 15.1. The van der Waals surface area contributed by atoms with Crippen LogP contribution in [0, 0.1) is 0 Å². The summed E-state index contributed by atoms with van der Waals surface area (Å²) in [6.07, 6.45) is 0.903. The molecule has 1 aliphatic heterocycles. The lowest BCUT2D eigenvalue weighted by Gasteiger charge is -2.19. The fraction of sp³-hybridized carbons (Fsp3) is 0.217. The van der Waals surface area contributed by atoms with Crippen molar-refractivity contribution < 1.29 is 4.90 Å². The minimum Gasteiger partial charge on any atom is -0.333 e. The average Bonchev–Trinajstić information content (AvgIpc) is 3.10. The SMILES string of the molecule is C[NH+]1CCc2c(sc3nc(SCc4ccccc4Cl)n(-c4cccc(Cl)c4)c(=O)c23)C1. The third-order valence-electron chi connectivity index (χ3n) is 5.52. The molecule has 1 atom stereocenters. The van der Waals surface area contributed by atoms with Gasteiger partial charge in [0.2, 0.25) is 0 Å². The number of aromatic nitrogens is 2. The zero-order valence-corrected chi connectivity index (χ0v) is 20.0. The van der Waals surface area contributed by atoms with Gasteiger partial charge in [0.05, 0.1) is 29.5 Å². The summed E-state index contributed by atoms with van der Waals surface area (Å²) in [5.74, 6) is 0.621. The van der Waals surface area contributed by atoms with Crippen LogP contribution < -0.4 is 10.5 Å². The minimum atomic E-state index is -0.0222. The van der Waals surface area contributed by atoms with Gasteiger partial charge in [0.15, 0.2) is 5.16 Å². The third kappa shape index (κ3) is 4.03. The zero-order chi connectivity index (χ0) is 21.5. The number of nitrogens with one attached hydrogen (secondary N) is 1. The van der Waals surface area contributed by atoms with Crippen LogP contribution in [0.3, 0.4) is 0 Å². The molecule has 31 heavy (non-hydrogen) atoms. The molecule has 0 saturated heterocycles. The molecule has 1 aliphatic rings. The molecule has 0 aliphatic carbocycles. The second-order valence-electron chi connectivity index (χ2n) is 7.71. The fourth-order valence-electron chi connectivity index (χ4n) is 3.94.